The van der Waals surface area contributed by atoms with E-state index in [0.717, 1.165) is 5.56 Å². The summed E-state index contributed by atoms with van der Waals surface area (Å²) in [6.45, 7) is 0. The van der Waals surface area contributed by atoms with Gasteiger partial charge in [-0.05, 0) is 29.8 Å². The summed E-state index contributed by atoms with van der Waals surface area (Å²) in [5.74, 6) is 0. The van der Waals surface area contributed by atoms with E-state index < -0.39 is 0 Å². The maximum Gasteiger partial charge on any atom is 0.276 e. The van der Waals surface area contributed by atoms with Crippen LogP contribution in [0.5, 0.6) is 0 Å². The van der Waals surface area contributed by atoms with Crippen molar-refractivity contribution < 1.29 is 4.92 Å². The van der Waals surface area contributed by atoms with Gasteiger partial charge >= 0.3 is 0 Å². The molecule has 17 heavy (non-hydrogen) atoms. The molecule has 0 fully saturated rings. The number of nitrogens with zero attached hydrogens (tertiary/aromatic N) is 2. The summed E-state index contributed by atoms with van der Waals surface area (Å²) < 4.78 is 0. The van der Waals surface area contributed by atoms with Crippen molar-refractivity contribution in [2.24, 2.45) is 0 Å². The van der Waals surface area contributed by atoms with Crippen LogP contribution >= 0.6 is 0 Å². The van der Waals surface area contributed by atoms with Gasteiger partial charge in [0.1, 0.15) is 0 Å². The van der Waals surface area contributed by atoms with Crippen molar-refractivity contribution in [1.29, 1.82) is 0 Å². The Balaban J connectivity index is 2.30. The van der Waals surface area contributed by atoms with Gasteiger partial charge in [-0.25, -0.2) is 0 Å². The van der Waals surface area contributed by atoms with Gasteiger partial charge in [-0.15, -0.1) is 0 Å². The van der Waals surface area contributed by atoms with Crippen molar-refractivity contribution in [3.05, 3.63) is 70.0 Å². The molecule has 0 saturated heterocycles. The van der Waals surface area contributed by atoms with Crippen LogP contribution in [0, 0.1) is 10.1 Å². The van der Waals surface area contributed by atoms with Crippen molar-refractivity contribution in [2.75, 3.05) is 0 Å². The van der Waals surface area contributed by atoms with E-state index in [1.807, 2.05) is 18.2 Å². The van der Waals surface area contributed by atoms with E-state index in [2.05, 4.69) is 4.98 Å². The maximum absolute atomic E-state index is 10.8. The van der Waals surface area contributed by atoms with E-state index >= 15 is 0 Å². The van der Waals surface area contributed by atoms with Gasteiger partial charge in [-0.2, -0.15) is 0 Å². The van der Waals surface area contributed by atoms with Gasteiger partial charge in [0.05, 0.1) is 10.5 Å². The highest BCUT2D eigenvalue weighted by Gasteiger charge is 2.08. The maximum atomic E-state index is 10.8. The van der Waals surface area contributed by atoms with Gasteiger partial charge in [-0.1, -0.05) is 18.2 Å². The molecule has 0 aliphatic heterocycles. The lowest BCUT2D eigenvalue weighted by molar-refractivity contribution is -0.385. The second kappa shape index (κ2) is 5.03. The Morgan fingerprint density at radius 3 is 2.47 bits per heavy atom. The van der Waals surface area contributed by atoms with E-state index in [-0.39, 0.29) is 10.6 Å². The highest BCUT2D eigenvalue weighted by Crippen LogP contribution is 2.19. The Kier molecular flexibility index (Phi) is 3.25. The highest BCUT2D eigenvalue weighted by molar-refractivity contribution is 5.73. The molecule has 0 bridgehead atoms. The first-order valence-corrected chi connectivity index (χ1v) is 5.09. The van der Waals surface area contributed by atoms with E-state index in [1.54, 1.807) is 36.7 Å². The third kappa shape index (κ3) is 2.75. The van der Waals surface area contributed by atoms with Crippen LogP contribution in [0.3, 0.4) is 0 Å². The first kappa shape index (κ1) is 11.0. The second-order valence-electron chi connectivity index (χ2n) is 3.43. The number of nitro groups is 1. The number of nitro benzene ring substituents is 1. The van der Waals surface area contributed by atoms with Gasteiger partial charge in [-0.3, -0.25) is 15.1 Å². The fourth-order valence-electron chi connectivity index (χ4n) is 1.46. The highest BCUT2D eigenvalue weighted by atomic mass is 16.6. The van der Waals surface area contributed by atoms with Gasteiger partial charge in [0, 0.05) is 18.5 Å². The molecular formula is C13H10N2O2. The molecule has 4 nitrogen and oxygen atoms in total. The van der Waals surface area contributed by atoms with Crippen LogP contribution in [0.2, 0.25) is 0 Å². The van der Waals surface area contributed by atoms with Crippen molar-refractivity contribution in [3.8, 4) is 0 Å². The molecule has 2 rings (SSSR count). The number of rotatable bonds is 3. The van der Waals surface area contributed by atoms with Crippen molar-refractivity contribution >= 4 is 17.8 Å². The third-order valence-corrected chi connectivity index (χ3v) is 2.29. The standard InChI is InChI=1S/C13H10N2O2/c16-15(17)13-4-2-1-3-12(13)6-5-11-7-9-14-10-8-11/h1-10H/b6-5-. The monoisotopic (exact) mass is 226 g/mol. The molecule has 84 valence electrons. The Hall–Kier alpha value is -2.49. The van der Waals surface area contributed by atoms with E-state index in [9.17, 15) is 10.1 Å². The predicted molar refractivity (Wildman–Crippen MR) is 66.3 cm³/mol. The molecule has 0 radical (unpaired) electrons. The summed E-state index contributed by atoms with van der Waals surface area (Å²) in [6.07, 6.45) is 6.91. The average molecular weight is 226 g/mol. The fourth-order valence-corrected chi connectivity index (χ4v) is 1.46. The van der Waals surface area contributed by atoms with Crippen molar-refractivity contribution in [2.45, 2.75) is 0 Å². The number of benzene rings is 1. The summed E-state index contributed by atoms with van der Waals surface area (Å²) in [7, 11) is 0. The molecule has 2 aromatic rings. The van der Waals surface area contributed by atoms with Crippen LogP contribution in [0.1, 0.15) is 11.1 Å². The van der Waals surface area contributed by atoms with E-state index in [4.69, 9.17) is 0 Å². The fraction of sp³-hybridized carbons (Fsp3) is 0. The number of aromatic nitrogens is 1. The van der Waals surface area contributed by atoms with Crippen LogP contribution < -0.4 is 0 Å². The molecule has 0 amide bonds. The summed E-state index contributed by atoms with van der Waals surface area (Å²) in [4.78, 5) is 14.3. The number of hydrogen-bond donors (Lipinski definition) is 0. The van der Waals surface area contributed by atoms with Crippen molar-refractivity contribution in [3.63, 3.8) is 0 Å². The van der Waals surface area contributed by atoms with E-state index in [1.165, 1.54) is 6.07 Å². The summed E-state index contributed by atoms with van der Waals surface area (Å²) in [5.41, 5.74) is 1.66. The molecule has 0 saturated carbocycles. The van der Waals surface area contributed by atoms with Crippen LogP contribution in [0.25, 0.3) is 12.2 Å². The minimum absolute atomic E-state index is 0.109. The second-order valence-corrected chi connectivity index (χ2v) is 3.43. The minimum Gasteiger partial charge on any atom is -0.265 e. The number of para-hydroxylation sites is 1. The number of hydrogen-bond acceptors (Lipinski definition) is 3. The lowest BCUT2D eigenvalue weighted by Gasteiger charge is -1.96. The Morgan fingerprint density at radius 1 is 1.06 bits per heavy atom. The molecule has 0 atom stereocenters. The van der Waals surface area contributed by atoms with Gasteiger partial charge in [0.2, 0.25) is 0 Å². The molecule has 4 heteroatoms. The molecule has 1 aromatic carbocycles. The molecule has 0 spiro atoms. The minimum atomic E-state index is -0.383. The van der Waals surface area contributed by atoms with Gasteiger partial charge in [0.15, 0.2) is 0 Å². The largest absolute Gasteiger partial charge is 0.276 e. The predicted octanol–water partition coefficient (Wildman–Crippen LogP) is 3.16. The molecule has 1 heterocycles. The molecule has 0 N–H and O–H groups in total. The SMILES string of the molecule is O=[N+]([O-])c1ccccc1/C=C\c1ccncc1. The average Bonchev–Trinajstić information content (AvgIpc) is 2.38. The lowest BCUT2D eigenvalue weighted by Crippen LogP contribution is -1.90. The summed E-state index contributed by atoms with van der Waals surface area (Å²) in [6, 6.07) is 10.3. The van der Waals surface area contributed by atoms with Crippen LogP contribution in [-0.2, 0) is 0 Å². The topological polar surface area (TPSA) is 56.0 Å². The molecule has 0 aliphatic carbocycles. The summed E-state index contributed by atoms with van der Waals surface area (Å²) in [5, 5.41) is 10.8. The van der Waals surface area contributed by atoms with Crippen LogP contribution in [0.15, 0.2) is 48.8 Å². The number of pyridine rings is 1. The molecular weight excluding hydrogens is 216 g/mol. The Labute approximate surface area is 98.4 Å². The first-order valence-electron chi connectivity index (χ1n) is 5.09. The van der Waals surface area contributed by atoms with Gasteiger partial charge in [0.25, 0.3) is 5.69 Å². The van der Waals surface area contributed by atoms with Crippen LogP contribution in [0.4, 0.5) is 5.69 Å². The quantitative estimate of drug-likeness (QED) is 0.596. The van der Waals surface area contributed by atoms with E-state index in [0.29, 0.717) is 5.56 Å². The smallest absolute Gasteiger partial charge is 0.265 e. The first-order chi connectivity index (χ1) is 8.27. The third-order valence-electron chi connectivity index (χ3n) is 2.29. The zero-order chi connectivity index (χ0) is 12.1. The Morgan fingerprint density at radius 2 is 1.76 bits per heavy atom. The zero-order valence-electron chi connectivity index (χ0n) is 8.98. The molecule has 0 unspecified atom stereocenters. The van der Waals surface area contributed by atoms with Crippen molar-refractivity contribution in [1.82, 2.24) is 4.98 Å². The molecule has 0 aliphatic rings. The lowest BCUT2D eigenvalue weighted by atomic mass is 10.1. The molecule has 1 aromatic heterocycles. The zero-order valence-corrected chi connectivity index (χ0v) is 8.98. The Bertz CT molecular complexity index is 550. The van der Waals surface area contributed by atoms with Gasteiger partial charge < -0.3 is 0 Å². The summed E-state index contributed by atoms with van der Waals surface area (Å²) >= 11 is 0. The van der Waals surface area contributed by atoms with Crippen LogP contribution in [-0.4, -0.2) is 9.91 Å². The normalized spacial score (nSPS) is 10.6.